The quantitative estimate of drug-likeness (QED) is 0.608. The molecule has 2 aliphatic rings. The largest absolute Gasteiger partial charge is 0.309 e. The van der Waals surface area contributed by atoms with Gasteiger partial charge in [0.25, 0.3) is 5.92 Å². The van der Waals surface area contributed by atoms with Crippen molar-refractivity contribution in [2.75, 3.05) is 6.54 Å². The van der Waals surface area contributed by atoms with Crippen LogP contribution in [0.3, 0.4) is 0 Å². The van der Waals surface area contributed by atoms with Crippen molar-refractivity contribution in [2.24, 2.45) is 10.5 Å². The Kier molecular flexibility index (Phi) is 0.998. The van der Waals surface area contributed by atoms with E-state index in [1.165, 1.54) is 6.08 Å². The molecule has 2 nitrogen and oxygen atoms in total. The number of hydrazone groups is 1. The van der Waals surface area contributed by atoms with Crippen molar-refractivity contribution in [3.63, 3.8) is 0 Å². The predicted molar refractivity (Wildman–Crippen MR) is 37.6 cm³/mol. The number of rotatable bonds is 1. The van der Waals surface area contributed by atoms with Crippen molar-refractivity contribution in [2.45, 2.75) is 12.3 Å². The number of hydrogen-bond donors (Lipinski definition) is 1. The van der Waals surface area contributed by atoms with Crippen molar-refractivity contribution in [3.8, 4) is 0 Å². The summed E-state index contributed by atoms with van der Waals surface area (Å²) < 4.78 is 25.5. The lowest BCUT2D eigenvalue weighted by Gasteiger charge is -2.05. The van der Waals surface area contributed by atoms with Gasteiger partial charge in [0.05, 0.1) is 12.3 Å². The van der Waals surface area contributed by atoms with Crippen LogP contribution in [0.4, 0.5) is 8.78 Å². The molecule has 1 aliphatic heterocycles. The summed E-state index contributed by atoms with van der Waals surface area (Å²) in [6.07, 6.45) is 1.32. The van der Waals surface area contributed by atoms with Crippen LogP contribution in [0, 0.1) is 5.41 Å². The van der Waals surface area contributed by atoms with E-state index in [9.17, 15) is 8.78 Å². The fourth-order valence-corrected chi connectivity index (χ4v) is 1.50. The Bertz CT molecular complexity index is 247. The normalized spacial score (nSPS) is 38.2. The first-order valence-electron chi connectivity index (χ1n) is 3.44. The van der Waals surface area contributed by atoms with Gasteiger partial charge < -0.3 is 5.43 Å². The van der Waals surface area contributed by atoms with E-state index >= 15 is 0 Å². The molecule has 11 heavy (non-hydrogen) atoms. The van der Waals surface area contributed by atoms with E-state index in [0.717, 1.165) is 0 Å². The molecular formula is C7H8F2N2. The average molecular weight is 158 g/mol. The van der Waals surface area contributed by atoms with Gasteiger partial charge in [-0.3, -0.25) is 0 Å². The summed E-state index contributed by atoms with van der Waals surface area (Å²) in [6.45, 7) is 3.69. The lowest BCUT2D eigenvalue weighted by atomic mass is 10.0. The van der Waals surface area contributed by atoms with E-state index in [1.54, 1.807) is 0 Å². The number of allylic oxidation sites excluding steroid dienone is 1. The molecule has 60 valence electrons. The minimum absolute atomic E-state index is 0.0855. The highest BCUT2D eigenvalue weighted by molar-refractivity contribution is 6.03. The van der Waals surface area contributed by atoms with Gasteiger partial charge in [0.15, 0.2) is 0 Å². The zero-order chi connectivity index (χ0) is 8.11. The second-order valence-electron chi connectivity index (χ2n) is 3.00. The molecule has 0 amide bonds. The Labute approximate surface area is 63.0 Å². The van der Waals surface area contributed by atoms with Crippen molar-refractivity contribution in [1.29, 1.82) is 0 Å². The third-order valence-electron chi connectivity index (χ3n) is 2.36. The number of halogens is 2. The fourth-order valence-electron chi connectivity index (χ4n) is 1.50. The Morgan fingerprint density at radius 2 is 2.27 bits per heavy atom. The molecule has 1 N–H and O–H groups in total. The van der Waals surface area contributed by atoms with Crippen LogP contribution >= 0.6 is 0 Å². The summed E-state index contributed by atoms with van der Waals surface area (Å²) in [5.41, 5.74) is 1.97. The van der Waals surface area contributed by atoms with E-state index in [1.807, 2.05) is 0 Å². The van der Waals surface area contributed by atoms with E-state index in [2.05, 4.69) is 17.1 Å². The zero-order valence-corrected chi connectivity index (χ0v) is 5.90. The number of nitrogens with zero attached hydrogens (tertiary/aromatic N) is 1. The molecule has 1 spiro atoms. The molecule has 0 aromatic carbocycles. The van der Waals surface area contributed by atoms with Gasteiger partial charge in [0, 0.05) is 6.42 Å². The summed E-state index contributed by atoms with van der Waals surface area (Å²) in [7, 11) is 0. The first-order chi connectivity index (χ1) is 5.12. The molecule has 0 saturated heterocycles. The Morgan fingerprint density at radius 1 is 1.64 bits per heavy atom. The van der Waals surface area contributed by atoms with Gasteiger partial charge in [0.1, 0.15) is 5.41 Å². The minimum Gasteiger partial charge on any atom is -0.309 e. The van der Waals surface area contributed by atoms with Crippen LogP contribution in [-0.2, 0) is 0 Å². The van der Waals surface area contributed by atoms with Crippen LogP contribution in [0.1, 0.15) is 6.42 Å². The first kappa shape index (κ1) is 6.76. The maximum atomic E-state index is 12.8. The molecule has 0 radical (unpaired) electrons. The van der Waals surface area contributed by atoms with Crippen LogP contribution in [0.2, 0.25) is 0 Å². The van der Waals surface area contributed by atoms with Gasteiger partial charge in [-0.1, -0.05) is 6.58 Å². The first-order valence-corrected chi connectivity index (χ1v) is 3.44. The third kappa shape index (κ3) is 0.619. The number of nitrogens with one attached hydrogen (secondary N) is 1. The summed E-state index contributed by atoms with van der Waals surface area (Å²) >= 11 is 0. The maximum Gasteiger partial charge on any atom is 0.262 e. The molecule has 1 fully saturated rings. The Balaban J connectivity index is 2.31. The van der Waals surface area contributed by atoms with Crippen LogP contribution < -0.4 is 5.43 Å². The topological polar surface area (TPSA) is 24.4 Å². The average Bonchev–Trinajstić information content (AvgIpc) is 2.38. The monoisotopic (exact) mass is 158 g/mol. The molecule has 0 aromatic rings. The Morgan fingerprint density at radius 3 is 2.64 bits per heavy atom. The van der Waals surface area contributed by atoms with Gasteiger partial charge in [-0.2, -0.15) is 5.10 Å². The molecule has 4 heteroatoms. The molecular weight excluding hydrogens is 150 g/mol. The van der Waals surface area contributed by atoms with Crippen LogP contribution in [-0.4, -0.2) is 18.2 Å². The minimum atomic E-state index is -2.57. The van der Waals surface area contributed by atoms with Gasteiger partial charge in [-0.05, 0) is 6.08 Å². The second-order valence-corrected chi connectivity index (χ2v) is 3.00. The molecule has 1 saturated carbocycles. The molecule has 1 atom stereocenters. The summed E-state index contributed by atoms with van der Waals surface area (Å²) in [5.74, 6) is -2.57. The van der Waals surface area contributed by atoms with Crippen molar-refractivity contribution < 1.29 is 8.78 Å². The van der Waals surface area contributed by atoms with E-state index in [0.29, 0.717) is 5.71 Å². The molecule has 1 aliphatic carbocycles. The molecule has 0 bridgehead atoms. The number of hydrogen-bond acceptors (Lipinski definition) is 2. The molecule has 0 aromatic heterocycles. The maximum absolute atomic E-state index is 12.8. The lowest BCUT2D eigenvalue weighted by molar-refractivity contribution is 0.0876. The fraction of sp³-hybridized carbons (Fsp3) is 0.571. The van der Waals surface area contributed by atoms with Crippen molar-refractivity contribution >= 4 is 5.71 Å². The van der Waals surface area contributed by atoms with Gasteiger partial charge in [0.2, 0.25) is 0 Å². The standard InChI is InChI=1S/C7H8F2N2/c1-2-5-6(4-10-11-5)3-7(6,8)9/h2,10H,1,3-4H2. The highest BCUT2D eigenvalue weighted by Crippen LogP contribution is 2.62. The van der Waals surface area contributed by atoms with E-state index in [4.69, 9.17) is 0 Å². The second kappa shape index (κ2) is 1.62. The summed E-state index contributed by atoms with van der Waals surface area (Å²) in [6, 6.07) is 0. The molecule has 1 heterocycles. The Hall–Kier alpha value is -0.930. The number of alkyl halides is 2. The van der Waals surface area contributed by atoms with Crippen LogP contribution in [0.5, 0.6) is 0 Å². The van der Waals surface area contributed by atoms with Gasteiger partial charge in [-0.25, -0.2) is 8.78 Å². The van der Waals surface area contributed by atoms with E-state index in [-0.39, 0.29) is 13.0 Å². The predicted octanol–water partition coefficient (Wildman–Crippen LogP) is 1.16. The third-order valence-corrected chi connectivity index (χ3v) is 2.36. The van der Waals surface area contributed by atoms with Crippen LogP contribution in [0.15, 0.2) is 17.8 Å². The smallest absolute Gasteiger partial charge is 0.262 e. The van der Waals surface area contributed by atoms with Gasteiger partial charge in [-0.15, -0.1) is 0 Å². The SMILES string of the molecule is C=CC1=NNCC12CC2(F)F. The summed E-state index contributed by atoms with van der Waals surface area (Å²) in [4.78, 5) is 0. The van der Waals surface area contributed by atoms with Crippen molar-refractivity contribution in [3.05, 3.63) is 12.7 Å². The highest BCUT2D eigenvalue weighted by atomic mass is 19.3. The summed E-state index contributed by atoms with van der Waals surface area (Å²) in [5, 5.41) is 3.73. The van der Waals surface area contributed by atoms with Crippen LogP contribution in [0.25, 0.3) is 0 Å². The zero-order valence-electron chi connectivity index (χ0n) is 5.90. The van der Waals surface area contributed by atoms with E-state index < -0.39 is 11.3 Å². The van der Waals surface area contributed by atoms with Crippen molar-refractivity contribution in [1.82, 2.24) is 5.43 Å². The molecule has 1 unspecified atom stereocenters. The van der Waals surface area contributed by atoms with Gasteiger partial charge >= 0.3 is 0 Å². The molecule has 2 rings (SSSR count). The highest BCUT2D eigenvalue weighted by Gasteiger charge is 2.74. The lowest BCUT2D eigenvalue weighted by Crippen LogP contribution is -2.22.